The van der Waals surface area contributed by atoms with Crippen LogP contribution in [0.2, 0.25) is 0 Å². The van der Waals surface area contributed by atoms with Gasteiger partial charge in [-0.2, -0.15) is 10.4 Å². The van der Waals surface area contributed by atoms with Crippen LogP contribution in [0.4, 0.5) is 0 Å². The number of ether oxygens (including phenoxy) is 1. The van der Waals surface area contributed by atoms with Crippen LogP contribution in [0.3, 0.4) is 0 Å². The maximum Gasteiger partial charge on any atom is 0.172 e. The third-order valence-corrected chi connectivity index (χ3v) is 3.52. The van der Waals surface area contributed by atoms with Crippen LogP contribution < -0.4 is 0 Å². The molecule has 1 aromatic carbocycles. The predicted octanol–water partition coefficient (Wildman–Crippen LogP) is 2.98. The van der Waals surface area contributed by atoms with E-state index in [4.69, 9.17) is 10.00 Å². The van der Waals surface area contributed by atoms with E-state index in [9.17, 15) is 0 Å². The van der Waals surface area contributed by atoms with Gasteiger partial charge in [0, 0.05) is 25.1 Å². The molecule has 0 spiro atoms. The number of methoxy groups -OCH3 is 1. The van der Waals surface area contributed by atoms with E-state index in [2.05, 4.69) is 22.2 Å². The van der Waals surface area contributed by atoms with Gasteiger partial charge in [-0.05, 0) is 24.1 Å². The van der Waals surface area contributed by atoms with Gasteiger partial charge >= 0.3 is 0 Å². The highest BCUT2D eigenvalue weighted by atomic mass is 16.5. The molecule has 2 heterocycles. The second kappa shape index (κ2) is 5.35. The molecule has 5 nitrogen and oxygen atoms in total. The molecule has 0 aliphatic carbocycles. The molecule has 0 saturated carbocycles. The molecule has 0 unspecified atom stereocenters. The topological polar surface area (TPSA) is 63.2 Å². The summed E-state index contributed by atoms with van der Waals surface area (Å²) in [7, 11) is 1.69. The summed E-state index contributed by atoms with van der Waals surface area (Å²) >= 11 is 0. The normalized spacial score (nSPS) is 12.2. The lowest BCUT2D eigenvalue weighted by atomic mass is 10.0. The van der Waals surface area contributed by atoms with E-state index in [-0.39, 0.29) is 6.10 Å². The van der Waals surface area contributed by atoms with Crippen molar-refractivity contribution in [3.05, 3.63) is 54.0 Å². The molecule has 104 valence electrons. The van der Waals surface area contributed by atoms with Gasteiger partial charge in [0.05, 0.1) is 12.3 Å². The number of nitriles is 1. The summed E-state index contributed by atoms with van der Waals surface area (Å²) < 4.78 is 6.97. The molecule has 0 N–H and O–H groups in total. The first-order valence-corrected chi connectivity index (χ1v) is 6.59. The van der Waals surface area contributed by atoms with Crippen molar-refractivity contribution < 1.29 is 4.74 Å². The van der Waals surface area contributed by atoms with Crippen molar-refractivity contribution in [1.29, 1.82) is 5.26 Å². The van der Waals surface area contributed by atoms with Gasteiger partial charge in [0.15, 0.2) is 5.65 Å². The van der Waals surface area contributed by atoms with Crippen LogP contribution in [0.5, 0.6) is 0 Å². The number of rotatable bonds is 3. The van der Waals surface area contributed by atoms with Gasteiger partial charge in [-0.25, -0.2) is 9.50 Å². The first kappa shape index (κ1) is 13.3. The quantitative estimate of drug-likeness (QED) is 0.739. The predicted molar refractivity (Wildman–Crippen MR) is 78.6 cm³/mol. The number of fused-ring (bicyclic) bond motifs is 1. The molecular formula is C16H14N4O. The summed E-state index contributed by atoms with van der Waals surface area (Å²) in [5.74, 6) is 0. The van der Waals surface area contributed by atoms with Crippen LogP contribution in [-0.4, -0.2) is 21.7 Å². The van der Waals surface area contributed by atoms with E-state index in [0.717, 1.165) is 16.7 Å². The fraction of sp³-hybridized carbons (Fsp3) is 0.188. The third kappa shape index (κ3) is 2.37. The number of hydrogen-bond donors (Lipinski definition) is 0. The zero-order valence-electron chi connectivity index (χ0n) is 11.8. The van der Waals surface area contributed by atoms with Crippen LogP contribution in [0, 0.1) is 11.3 Å². The summed E-state index contributed by atoms with van der Waals surface area (Å²) in [6, 6.07) is 10.2. The Bertz CT molecular complexity index is 832. The summed E-state index contributed by atoms with van der Waals surface area (Å²) in [6.07, 6.45) is 5.19. The van der Waals surface area contributed by atoms with Gasteiger partial charge in [0.1, 0.15) is 11.6 Å². The lowest BCUT2D eigenvalue weighted by Crippen LogP contribution is -1.96. The van der Waals surface area contributed by atoms with Gasteiger partial charge in [-0.15, -0.1) is 0 Å². The molecule has 1 atom stereocenters. The number of hydrogen-bond acceptors (Lipinski definition) is 4. The largest absolute Gasteiger partial charge is 0.377 e. The molecule has 3 aromatic rings. The molecular weight excluding hydrogens is 264 g/mol. The van der Waals surface area contributed by atoms with E-state index in [1.165, 1.54) is 6.20 Å². The van der Waals surface area contributed by atoms with Crippen molar-refractivity contribution in [3.8, 4) is 17.2 Å². The van der Waals surface area contributed by atoms with Gasteiger partial charge in [-0.1, -0.05) is 18.2 Å². The molecule has 0 fully saturated rings. The van der Waals surface area contributed by atoms with Crippen LogP contribution in [0.25, 0.3) is 16.8 Å². The maximum absolute atomic E-state index is 8.98. The maximum atomic E-state index is 8.98. The average molecular weight is 278 g/mol. The van der Waals surface area contributed by atoms with Crippen LogP contribution in [0.1, 0.15) is 24.2 Å². The van der Waals surface area contributed by atoms with E-state index in [1.54, 1.807) is 17.8 Å². The molecule has 5 heteroatoms. The first-order chi connectivity index (χ1) is 10.2. The highest BCUT2D eigenvalue weighted by Crippen LogP contribution is 2.24. The Morgan fingerprint density at radius 2 is 2.14 bits per heavy atom. The molecule has 0 aliphatic rings. The summed E-state index contributed by atoms with van der Waals surface area (Å²) in [6.45, 7) is 2.01. The molecule has 0 radical (unpaired) electrons. The van der Waals surface area contributed by atoms with Crippen molar-refractivity contribution in [2.75, 3.05) is 7.11 Å². The minimum Gasteiger partial charge on any atom is -0.377 e. The molecule has 2 aromatic heterocycles. The minimum absolute atomic E-state index is 0.0385. The van der Waals surface area contributed by atoms with E-state index in [0.29, 0.717) is 11.2 Å². The Balaban J connectivity index is 2.06. The van der Waals surface area contributed by atoms with Crippen LogP contribution >= 0.6 is 0 Å². The van der Waals surface area contributed by atoms with Gasteiger partial charge < -0.3 is 4.74 Å². The number of nitrogens with zero attached hydrogens (tertiary/aromatic N) is 4. The number of aromatic nitrogens is 3. The van der Waals surface area contributed by atoms with Gasteiger partial charge in [0.25, 0.3) is 0 Å². The fourth-order valence-corrected chi connectivity index (χ4v) is 2.21. The van der Waals surface area contributed by atoms with Crippen molar-refractivity contribution in [3.63, 3.8) is 0 Å². The Labute approximate surface area is 122 Å². The smallest absolute Gasteiger partial charge is 0.172 e. The Morgan fingerprint density at radius 1 is 1.29 bits per heavy atom. The minimum atomic E-state index is 0.0385. The standard InChI is InChI=1S/C16H14N4O/c1-11(21-2)12-4-3-5-13(6-12)15-8-18-16-14(7-17)9-19-20(16)10-15/h3-6,8-11H,1-2H3/t11-/m0/s1. The molecule has 0 saturated heterocycles. The molecule has 0 bridgehead atoms. The van der Waals surface area contributed by atoms with E-state index < -0.39 is 0 Å². The second-order valence-electron chi connectivity index (χ2n) is 4.78. The molecule has 0 amide bonds. The summed E-state index contributed by atoms with van der Waals surface area (Å²) in [4.78, 5) is 4.33. The van der Waals surface area contributed by atoms with Gasteiger partial charge in [-0.3, -0.25) is 0 Å². The highest BCUT2D eigenvalue weighted by molar-refractivity contribution is 5.65. The Kier molecular flexibility index (Phi) is 3.38. The Hall–Kier alpha value is -2.71. The lowest BCUT2D eigenvalue weighted by Gasteiger charge is -2.11. The highest BCUT2D eigenvalue weighted by Gasteiger charge is 2.08. The summed E-state index contributed by atoms with van der Waals surface area (Å²) in [5.41, 5.74) is 4.14. The average Bonchev–Trinajstić information content (AvgIpc) is 2.96. The fourth-order valence-electron chi connectivity index (χ4n) is 2.21. The summed E-state index contributed by atoms with van der Waals surface area (Å²) in [5, 5.41) is 13.1. The molecule has 3 rings (SSSR count). The van der Waals surface area contributed by atoms with Gasteiger partial charge in [0.2, 0.25) is 0 Å². The second-order valence-corrected chi connectivity index (χ2v) is 4.78. The third-order valence-electron chi connectivity index (χ3n) is 3.52. The van der Waals surface area contributed by atoms with Crippen LogP contribution in [0.15, 0.2) is 42.9 Å². The number of benzene rings is 1. The zero-order chi connectivity index (χ0) is 14.8. The first-order valence-electron chi connectivity index (χ1n) is 6.59. The molecule has 0 aliphatic heterocycles. The molecule has 21 heavy (non-hydrogen) atoms. The van der Waals surface area contributed by atoms with Crippen molar-refractivity contribution in [2.24, 2.45) is 0 Å². The Morgan fingerprint density at radius 3 is 2.90 bits per heavy atom. The van der Waals surface area contributed by atoms with Crippen molar-refractivity contribution in [1.82, 2.24) is 14.6 Å². The monoisotopic (exact) mass is 278 g/mol. The van der Waals surface area contributed by atoms with Crippen molar-refractivity contribution >= 4 is 5.65 Å². The van der Waals surface area contributed by atoms with Crippen molar-refractivity contribution in [2.45, 2.75) is 13.0 Å². The van der Waals surface area contributed by atoms with Crippen LogP contribution in [-0.2, 0) is 4.74 Å². The SMILES string of the molecule is CO[C@@H](C)c1cccc(-c2cnc3c(C#N)cnn3c2)c1. The lowest BCUT2D eigenvalue weighted by molar-refractivity contribution is 0.119. The van der Waals surface area contributed by atoms with E-state index in [1.807, 2.05) is 31.3 Å². The van der Waals surface area contributed by atoms with E-state index >= 15 is 0 Å². The zero-order valence-corrected chi connectivity index (χ0v) is 11.8.